The van der Waals surface area contributed by atoms with Gasteiger partial charge in [0.25, 0.3) is 5.91 Å². The molecule has 0 radical (unpaired) electrons. The molecule has 1 aromatic heterocycles. The highest BCUT2D eigenvalue weighted by Crippen LogP contribution is 2.25. The van der Waals surface area contributed by atoms with Crippen LogP contribution in [0.25, 0.3) is 0 Å². The monoisotopic (exact) mass is 337 g/mol. The SMILES string of the molecule is O=C(c1cnc(C(F)(F)F)nc1)N1CC[C@@H](Oc2ccccc2)C1. The number of nitrogens with zero attached hydrogens (tertiary/aromatic N) is 3. The Morgan fingerprint density at radius 1 is 1.17 bits per heavy atom. The van der Waals surface area contributed by atoms with Crippen LogP contribution in [0.5, 0.6) is 5.75 Å². The van der Waals surface area contributed by atoms with Crippen LogP contribution in [0.1, 0.15) is 22.6 Å². The third-order valence-electron chi connectivity index (χ3n) is 3.63. The summed E-state index contributed by atoms with van der Waals surface area (Å²) in [4.78, 5) is 20.3. The van der Waals surface area contributed by atoms with Crippen LogP contribution in [0.4, 0.5) is 13.2 Å². The Bertz CT molecular complexity index is 705. The smallest absolute Gasteiger partial charge is 0.451 e. The third-order valence-corrected chi connectivity index (χ3v) is 3.63. The first kappa shape index (κ1) is 16.2. The fraction of sp³-hybridized carbons (Fsp3) is 0.312. The van der Waals surface area contributed by atoms with Gasteiger partial charge in [-0.2, -0.15) is 13.2 Å². The van der Waals surface area contributed by atoms with Crippen molar-refractivity contribution in [2.75, 3.05) is 13.1 Å². The van der Waals surface area contributed by atoms with Crippen LogP contribution in [-0.2, 0) is 6.18 Å². The molecule has 0 N–H and O–H groups in total. The van der Waals surface area contributed by atoms with E-state index in [0.29, 0.717) is 19.5 Å². The number of carbonyl (C=O) groups excluding carboxylic acids is 1. The molecule has 8 heteroatoms. The largest absolute Gasteiger partial charge is 0.489 e. The van der Waals surface area contributed by atoms with Gasteiger partial charge in [0.1, 0.15) is 11.9 Å². The minimum Gasteiger partial charge on any atom is -0.489 e. The Kier molecular flexibility index (Phi) is 4.37. The van der Waals surface area contributed by atoms with Crippen LogP contribution in [0.15, 0.2) is 42.7 Å². The Balaban J connectivity index is 1.62. The standard InChI is InChI=1S/C16H14F3N3O2/c17-16(18,19)15-20-8-11(9-21-15)14(23)22-7-6-13(10-22)24-12-4-2-1-3-5-12/h1-5,8-9,13H,6-7,10H2/t13-/m1/s1. The number of hydrogen-bond donors (Lipinski definition) is 0. The molecule has 3 rings (SSSR count). The van der Waals surface area contributed by atoms with Crippen molar-refractivity contribution in [2.45, 2.75) is 18.7 Å². The molecule has 1 aliphatic heterocycles. The van der Waals surface area contributed by atoms with Crippen LogP contribution in [-0.4, -0.2) is 40.0 Å². The Morgan fingerprint density at radius 3 is 2.46 bits per heavy atom. The molecule has 2 heterocycles. The second kappa shape index (κ2) is 6.46. The molecule has 1 aromatic carbocycles. The molecule has 1 fully saturated rings. The van der Waals surface area contributed by atoms with Crippen molar-refractivity contribution < 1.29 is 22.7 Å². The Morgan fingerprint density at radius 2 is 1.83 bits per heavy atom. The number of benzene rings is 1. The van der Waals surface area contributed by atoms with E-state index >= 15 is 0 Å². The maximum Gasteiger partial charge on any atom is 0.451 e. The molecule has 1 saturated heterocycles. The van der Waals surface area contributed by atoms with E-state index in [1.165, 1.54) is 4.90 Å². The maximum atomic E-state index is 12.4. The summed E-state index contributed by atoms with van der Waals surface area (Å²) < 4.78 is 43.1. The van der Waals surface area contributed by atoms with Crippen LogP contribution in [0.3, 0.4) is 0 Å². The number of amides is 1. The zero-order valence-electron chi connectivity index (χ0n) is 12.5. The average Bonchev–Trinajstić information content (AvgIpc) is 3.03. The average molecular weight is 337 g/mol. The molecule has 24 heavy (non-hydrogen) atoms. The molecule has 0 bridgehead atoms. The lowest BCUT2D eigenvalue weighted by molar-refractivity contribution is -0.145. The highest BCUT2D eigenvalue weighted by atomic mass is 19.4. The van der Waals surface area contributed by atoms with E-state index in [4.69, 9.17) is 4.74 Å². The summed E-state index contributed by atoms with van der Waals surface area (Å²) in [5, 5.41) is 0. The topological polar surface area (TPSA) is 55.3 Å². The summed E-state index contributed by atoms with van der Waals surface area (Å²) in [7, 11) is 0. The van der Waals surface area contributed by atoms with Crippen LogP contribution >= 0.6 is 0 Å². The zero-order valence-corrected chi connectivity index (χ0v) is 12.5. The maximum absolute atomic E-state index is 12.4. The molecule has 1 atom stereocenters. The Hall–Kier alpha value is -2.64. The van der Waals surface area contributed by atoms with Crippen LogP contribution in [0, 0.1) is 0 Å². The van der Waals surface area contributed by atoms with Gasteiger partial charge < -0.3 is 9.64 Å². The van der Waals surface area contributed by atoms with Crippen molar-refractivity contribution in [3.8, 4) is 5.75 Å². The van der Waals surface area contributed by atoms with E-state index < -0.39 is 17.9 Å². The van der Waals surface area contributed by atoms with Gasteiger partial charge in [-0.3, -0.25) is 4.79 Å². The summed E-state index contributed by atoms with van der Waals surface area (Å²) in [6, 6.07) is 9.24. The second-order valence-electron chi connectivity index (χ2n) is 5.39. The van der Waals surface area contributed by atoms with Crippen molar-refractivity contribution in [3.05, 3.63) is 54.1 Å². The molecular weight excluding hydrogens is 323 g/mol. The minimum atomic E-state index is -4.62. The van der Waals surface area contributed by atoms with Gasteiger partial charge in [0.15, 0.2) is 0 Å². The van der Waals surface area contributed by atoms with Gasteiger partial charge in [0.2, 0.25) is 5.82 Å². The summed E-state index contributed by atoms with van der Waals surface area (Å²) in [5.74, 6) is -0.941. The van der Waals surface area contributed by atoms with Crippen molar-refractivity contribution in [2.24, 2.45) is 0 Å². The van der Waals surface area contributed by atoms with Gasteiger partial charge in [0, 0.05) is 25.4 Å². The van der Waals surface area contributed by atoms with Gasteiger partial charge in [0.05, 0.1) is 12.1 Å². The number of likely N-dealkylation sites (tertiary alicyclic amines) is 1. The van der Waals surface area contributed by atoms with E-state index in [9.17, 15) is 18.0 Å². The molecule has 0 unspecified atom stereocenters. The fourth-order valence-corrected chi connectivity index (χ4v) is 2.47. The number of aromatic nitrogens is 2. The molecule has 0 aliphatic carbocycles. The first-order chi connectivity index (χ1) is 11.4. The molecular formula is C16H14F3N3O2. The summed E-state index contributed by atoms with van der Waals surface area (Å²) in [5.41, 5.74) is 0.0309. The van der Waals surface area contributed by atoms with Crippen molar-refractivity contribution in [3.63, 3.8) is 0 Å². The van der Waals surface area contributed by atoms with Crippen molar-refractivity contribution >= 4 is 5.91 Å². The lowest BCUT2D eigenvalue weighted by Crippen LogP contribution is -2.31. The van der Waals surface area contributed by atoms with E-state index in [1.54, 1.807) is 0 Å². The van der Waals surface area contributed by atoms with Gasteiger partial charge in [-0.1, -0.05) is 18.2 Å². The predicted octanol–water partition coefficient (Wildman–Crippen LogP) is 2.79. The van der Waals surface area contributed by atoms with E-state index in [2.05, 4.69) is 9.97 Å². The lowest BCUT2D eigenvalue weighted by Gasteiger charge is -2.17. The third kappa shape index (κ3) is 3.64. The van der Waals surface area contributed by atoms with E-state index in [1.807, 2.05) is 30.3 Å². The molecule has 5 nitrogen and oxygen atoms in total. The summed E-state index contributed by atoms with van der Waals surface area (Å²) in [6.07, 6.45) is -2.30. The number of rotatable bonds is 3. The predicted molar refractivity (Wildman–Crippen MR) is 78.4 cm³/mol. The van der Waals surface area contributed by atoms with Gasteiger partial charge in [-0.25, -0.2) is 9.97 Å². The van der Waals surface area contributed by atoms with Gasteiger partial charge in [-0.05, 0) is 12.1 Å². The van der Waals surface area contributed by atoms with Crippen LogP contribution < -0.4 is 4.74 Å². The molecule has 0 spiro atoms. The second-order valence-corrected chi connectivity index (χ2v) is 5.39. The van der Waals surface area contributed by atoms with E-state index in [-0.39, 0.29) is 11.7 Å². The fourth-order valence-electron chi connectivity index (χ4n) is 2.47. The van der Waals surface area contributed by atoms with Crippen LogP contribution in [0.2, 0.25) is 0 Å². The number of hydrogen-bond acceptors (Lipinski definition) is 4. The highest BCUT2D eigenvalue weighted by Gasteiger charge is 2.35. The summed E-state index contributed by atoms with van der Waals surface area (Å²) in [6.45, 7) is 0.839. The van der Waals surface area contributed by atoms with Crippen molar-refractivity contribution in [1.29, 1.82) is 0 Å². The normalized spacial score (nSPS) is 17.8. The first-order valence-electron chi connectivity index (χ1n) is 7.34. The van der Waals surface area contributed by atoms with Gasteiger partial charge >= 0.3 is 6.18 Å². The molecule has 1 amide bonds. The highest BCUT2D eigenvalue weighted by molar-refractivity contribution is 5.93. The minimum absolute atomic E-state index is 0.0309. The lowest BCUT2D eigenvalue weighted by atomic mass is 10.3. The number of carbonyl (C=O) groups is 1. The quantitative estimate of drug-likeness (QED) is 0.864. The zero-order chi connectivity index (χ0) is 17.2. The first-order valence-corrected chi connectivity index (χ1v) is 7.34. The Labute approximate surface area is 136 Å². The molecule has 2 aromatic rings. The van der Waals surface area contributed by atoms with Gasteiger partial charge in [-0.15, -0.1) is 0 Å². The van der Waals surface area contributed by atoms with Crippen molar-refractivity contribution in [1.82, 2.24) is 14.9 Å². The number of alkyl halides is 3. The number of ether oxygens (including phenoxy) is 1. The molecule has 1 aliphatic rings. The molecule has 0 saturated carbocycles. The number of para-hydroxylation sites is 1. The summed E-state index contributed by atoms with van der Waals surface area (Å²) >= 11 is 0. The van der Waals surface area contributed by atoms with E-state index in [0.717, 1.165) is 18.1 Å². The molecule has 126 valence electrons. The number of halogens is 3.